The lowest BCUT2D eigenvalue weighted by Gasteiger charge is -2.14. The van der Waals surface area contributed by atoms with Gasteiger partial charge in [-0.1, -0.05) is 0 Å². The predicted octanol–water partition coefficient (Wildman–Crippen LogP) is 2.65. The number of rotatable bonds is 5. The van der Waals surface area contributed by atoms with Crippen LogP contribution in [0.4, 0.5) is 5.69 Å². The van der Waals surface area contributed by atoms with Crippen LogP contribution in [0.3, 0.4) is 0 Å². The highest BCUT2D eigenvalue weighted by Gasteiger charge is 2.20. The van der Waals surface area contributed by atoms with Crippen molar-refractivity contribution in [3.05, 3.63) is 44.8 Å². The Morgan fingerprint density at radius 3 is 2.30 bits per heavy atom. The number of nitrogens with one attached hydrogen (secondary N) is 1. The van der Waals surface area contributed by atoms with Gasteiger partial charge in [0.05, 0.1) is 27.0 Å². The molecule has 0 aliphatic carbocycles. The lowest BCUT2D eigenvalue weighted by atomic mass is 10.1. The number of anilines is 1. The van der Waals surface area contributed by atoms with Gasteiger partial charge in [0.15, 0.2) is 16.5 Å². The molecule has 0 saturated heterocycles. The van der Waals surface area contributed by atoms with Gasteiger partial charge in [0.2, 0.25) is 5.75 Å². The third-order valence-electron chi connectivity index (χ3n) is 4.09. The van der Waals surface area contributed by atoms with E-state index in [1.54, 1.807) is 6.92 Å². The van der Waals surface area contributed by atoms with Crippen molar-refractivity contribution in [2.75, 3.05) is 26.6 Å². The smallest absolute Gasteiger partial charge is 0.282 e. The van der Waals surface area contributed by atoms with E-state index in [2.05, 4.69) is 10.3 Å². The Morgan fingerprint density at radius 1 is 1.11 bits per heavy atom. The van der Waals surface area contributed by atoms with Gasteiger partial charge in [-0.15, -0.1) is 11.3 Å². The molecule has 0 aliphatic heterocycles. The number of fused-ring (bicyclic) bond motifs is 1. The van der Waals surface area contributed by atoms with E-state index in [-0.39, 0.29) is 16.8 Å². The van der Waals surface area contributed by atoms with Gasteiger partial charge in [0.1, 0.15) is 5.69 Å². The fourth-order valence-electron chi connectivity index (χ4n) is 2.73. The highest BCUT2D eigenvalue weighted by molar-refractivity contribution is 7.15. The lowest BCUT2D eigenvalue weighted by molar-refractivity contribution is 0.102. The van der Waals surface area contributed by atoms with Crippen LogP contribution in [0.15, 0.2) is 22.3 Å². The third kappa shape index (κ3) is 3.21. The molecular formula is C18H19N3O5S. The summed E-state index contributed by atoms with van der Waals surface area (Å²) in [5, 5.41) is 4.50. The normalized spacial score (nSPS) is 10.7. The van der Waals surface area contributed by atoms with Crippen LogP contribution < -0.4 is 25.1 Å². The Morgan fingerprint density at radius 2 is 1.74 bits per heavy atom. The molecule has 3 rings (SSSR count). The van der Waals surface area contributed by atoms with E-state index >= 15 is 0 Å². The van der Waals surface area contributed by atoms with Crippen LogP contribution in [0, 0.1) is 13.8 Å². The number of ether oxygens (including phenoxy) is 3. The zero-order chi connectivity index (χ0) is 19.7. The fraction of sp³-hybridized carbons (Fsp3) is 0.278. The first-order valence-electron chi connectivity index (χ1n) is 8.00. The van der Waals surface area contributed by atoms with Crippen LogP contribution in [-0.2, 0) is 0 Å². The second-order valence-electron chi connectivity index (χ2n) is 5.74. The molecule has 2 aromatic heterocycles. The molecule has 0 spiro atoms. The fourth-order valence-corrected chi connectivity index (χ4v) is 3.63. The monoisotopic (exact) mass is 389 g/mol. The van der Waals surface area contributed by atoms with Crippen molar-refractivity contribution < 1.29 is 19.0 Å². The Balaban J connectivity index is 2.05. The molecule has 0 radical (unpaired) electrons. The number of aryl methyl sites for hydroxylation is 2. The van der Waals surface area contributed by atoms with Gasteiger partial charge in [-0.05, 0) is 26.0 Å². The molecule has 1 aromatic carbocycles. The second-order valence-corrected chi connectivity index (χ2v) is 6.58. The van der Waals surface area contributed by atoms with Crippen LogP contribution in [-0.4, -0.2) is 36.6 Å². The molecule has 1 amide bonds. The quantitative estimate of drug-likeness (QED) is 0.721. The lowest BCUT2D eigenvalue weighted by Crippen LogP contribution is -2.25. The van der Waals surface area contributed by atoms with Crippen molar-refractivity contribution in [2.45, 2.75) is 13.8 Å². The Bertz CT molecular complexity index is 1060. The number of thiazole rings is 1. The zero-order valence-electron chi connectivity index (χ0n) is 15.6. The Hall–Kier alpha value is -3.07. The number of methoxy groups -OCH3 is 3. The van der Waals surface area contributed by atoms with E-state index in [0.29, 0.717) is 27.9 Å². The highest BCUT2D eigenvalue weighted by atomic mass is 32.1. The molecule has 9 heteroatoms. The molecule has 0 fully saturated rings. The summed E-state index contributed by atoms with van der Waals surface area (Å²) in [6, 6.07) is 3.04. The molecule has 0 bridgehead atoms. The van der Waals surface area contributed by atoms with Crippen molar-refractivity contribution in [1.29, 1.82) is 0 Å². The predicted molar refractivity (Wildman–Crippen MR) is 103 cm³/mol. The number of amides is 1. The molecule has 8 nitrogen and oxygen atoms in total. The van der Waals surface area contributed by atoms with Crippen molar-refractivity contribution in [2.24, 2.45) is 0 Å². The van der Waals surface area contributed by atoms with Crippen molar-refractivity contribution in [3.8, 4) is 17.2 Å². The molecule has 142 valence electrons. The topological polar surface area (TPSA) is 91.2 Å². The van der Waals surface area contributed by atoms with Gasteiger partial charge in [-0.25, -0.2) is 4.98 Å². The third-order valence-corrected chi connectivity index (χ3v) is 5.03. The average Bonchev–Trinajstić information content (AvgIpc) is 3.03. The van der Waals surface area contributed by atoms with E-state index < -0.39 is 5.91 Å². The summed E-state index contributed by atoms with van der Waals surface area (Å²) < 4.78 is 17.3. The minimum atomic E-state index is -0.482. The average molecular weight is 389 g/mol. The van der Waals surface area contributed by atoms with E-state index in [0.717, 1.165) is 5.69 Å². The first-order valence-corrected chi connectivity index (χ1v) is 8.88. The molecule has 1 N–H and O–H groups in total. The van der Waals surface area contributed by atoms with Gasteiger partial charge in [0.25, 0.3) is 11.5 Å². The minimum Gasteiger partial charge on any atom is -0.493 e. The first-order chi connectivity index (χ1) is 12.9. The van der Waals surface area contributed by atoms with Gasteiger partial charge in [-0.3, -0.25) is 14.0 Å². The van der Waals surface area contributed by atoms with Crippen molar-refractivity contribution in [3.63, 3.8) is 0 Å². The van der Waals surface area contributed by atoms with Crippen LogP contribution in [0.2, 0.25) is 0 Å². The Labute approximate surface area is 159 Å². The second kappa shape index (κ2) is 7.28. The van der Waals surface area contributed by atoms with Crippen LogP contribution >= 0.6 is 11.3 Å². The molecule has 0 unspecified atom stereocenters. The van der Waals surface area contributed by atoms with Gasteiger partial charge in [0, 0.05) is 16.6 Å². The summed E-state index contributed by atoms with van der Waals surface area (Å²) in [6.45, 7) is 3.49. The van der Waals surface area contributed by atoms with E-state index in [1.165, 1.54) is 49.2 Å². The molecule has 0 aliphatic rings. The number of carbonyl (C=O) groups excluding carboxylic acids is 1. The SMILES string of the molecule is COc1cc(C(=O)Nc2c(C)nc3scc(C)n3c2=O)cc(OC)c1OC. The summed E-state index contributed by atoms with van der Waals surface area (Å²) in [4.78, 5) is 30.5. The van der Waals surface area contributed by atoms with E-state index in [1.807, 2.05) is 12.3 Å². The van der Waals surface area contributed by atoms with E-state index in [4.69, 9.17) is 14.2 Å². The van der Waals surface area contributed by atoms with Gasteiger partial charge >= 0.3 is 0 Å². The number of aromatic nitrogens is 2. The number of benzene rings is 1. The number of hydrogen-bond acceptors (Lipinski definition) is 7. The number of hydrogen-bond donors (Lipinski definition) is 1. The maximum atomic E-state index is 12.8. The first kappa shape index (κ1) is 18.7. The summed E-state index contributed by atoms with van der Waals surface area (Å²) >= 11 is 1.37. The summed E-state index contributed by atoms with van der Waals surface area (Å²) in [5.74, 6) is 0.587. The standard InChI is InChI=1S/C18H19N3O5S/c1-9-8-27-18-19-10(2)14(17(23)21(9)18)20-16(22)11-6-12(24-3)15(26-5)13(7-11)25-4/h6-8H,1-5H3,(H,20,22). The van der Waals surface area contributed by atoms with Gasteiger partial charge in [-0.2, -0.15) is 0 Å². The molecular weight excluding hydrogens is 370 g/mol. The van der Waals surface area contributed by atoms with E-state index in [9.17, 15) is 9.59 Å². The maximum absolute atomic E-state index is 12.8. The Kier molecular flexibility index (Phi) is 5.04. The summed E-state index contributed by atoms with van der Waals surface area (Å²) in [5.41, 5.74) is 1.28. The summed E-state index contributed by atoms with van der Waals surface area (Å²) in [7, 11) is 4.41. The molecule has 0 saturated carbocycles. The molecule has 3 aromatic rings. The maximum Gasteiger partial charge on any atom is 0.282 e. The summed E-state index contributed by atoms with van der Waals surface area (Å²) in [6.07, 6.45) is 0. The van der Waals surface area contributed by atoms with Crippen molar-refractivity contribution >= 4 is 27.9 Å². The van der Waals surface area contributed by atoms with Crippen molar-refractivity contribution in [1.82, 2.24) is 9.38 Å². The van der Waals surface area contributed by atoms with Crippen LogP contribution in [0.1, 0.15) is 21.7 Å². The highest BCUT2D eigenvalue weighted by Crippen LogP contribution is 2.38. The van der Waals surface area contributed by atoms with Crippen LogP contribution in [0.5, 0.6) is 17.2 Å². The zero-order valence-corrected chi connectivity index (χ0v) is 16.4. The largest absolute Gasteiger partial charge is 0.493 e. The molecule has 0 atom stereocenters. The van der Waals surface area contributed by atoms with Gasteiger partial charge < -0.3 is 19.5 Å². The molecule has 2 heterocycles. The number of carbonyl (C=O) groups is 1. The molecule has 27 heavy (non-hydrogen) atoms. The van der Waals surface area contributed by atoms with Crippen LogP contribution in [0.25, 0.3) is 4.96 Å². The minimum absolute atomic E-state index is 0.132. The number of nitrogens with zero attached hydrogens (tertiary/aromatic N) is 2.